The summed E-state index contributed by atoms with van der Waals surface area (Å²) < 4.78 is 30.3. The van der Waals surface area contributed by atoms with Crippen molar-refractivity contribution in [3.63, 3.8) is 0 Å². The molecule has 1 aromatic carbocycles. The van der Waals surface area contributed by atoms with Crippen LogP contribution in [-0.4, -0.2) is 57.1 Å². The van der Waals surface area contributed by atoms with Crippen molar-refractivity contribution in [3.8, 4) is 5.75 Å². The highest BCUT2D eigenvalue weighted by molar-refractivity contribution is 5.29. The number of halogens is 1. The van der Waals surface area contributed by atoms with E-state index in [9.17, 15) is 4.39 Å². The van der Waals surface area contributed by atoms with E-state index in [0.717, 1.165) is 64.1 Å². The fourth-order valence-electron chi connectivity index (χ4n) is 3.43. The topological polar surface area (TPSA) is 30.9 Å². The zero-order chi connectivity index (χ0) is 16.1. The van der Waals surface area contributed by atoms with E-state index in [2.05, 4.69) is 4.90 Å². The van der Waals surface area contributed by atoms with Crippen molar-refractivity contribution >= 4 is 0 Å². The van der Waals surface area contributed by atoms with E-state index < -0.39 is 0 Å². The van der Waals surface area contributed by atoms with Crippen LogP contribution in [0.15, 0.2) is 18.2 Å². The maximum Gasteiger partial charge on any atom is 0.165 e. The van der Waals surface area contributed by atoms with Crippen LogP contribution in [0.3, 0.4) is 0 Å². The lowest BCUT2D eigenvalue weighted by Crippen LogP contribution is -2.47. The molecule has 0 radical (unpaired) electrons. The first-order chi connectivity index (χ1) is 11.3. The van der Waals surface area contributed by atoms with Crippen LogP contribution in [0.5, 0.6) is 5.75 Å². The van der Waals surface area contributed by atoms with Gasteiger partial charge in [0.05, 0.1) is 25.9 Å². The van der Waals surface area contributed by atoms with Crippen LogP contribution in [0.1, 0.15) is 24.8 Å². The van der Waals surface area contributed by atoms with Crippen LogP contribution in [0, 0.1) is 5.82 Å². The van der Waals surface area contributed by atoms with Crippen LogP contribution in [-0.2, 0) is 15.9 Å². The van der Waals surface area contributed by atoms with Crippen molar-refractivity contribution in [2.24, 2.45) is 0 Å². The minimum atomic E-state index is -0.283. The zero-order valence-electron chi connectivity index (χ0n) is 13.8. The molecule has 0 aliphatic carbocycles. The van der Waals surface area contributed by atoms with Gasteiger partial charge in [0.15, 0.2) is 11.6 Å². The van der Waals surface area contributed by atoms with Crippen molar-refractivity contribution in [2.75, 3.05) is 40.0 Å². The third kappa shape index (κ3) is 4.43. The fourth-order valence-corrected chi connectivity index (χ4v) is 3.43. The van der Waals surface area contributed by atoms with E-state index in [1.807, 2.05) is 6.07 Å². The van der Waals surface area contributed by atoms with Gasteiger partial charge in [-0.1, -0.05) is 6.07 Å². The molecular formula is C18H26FNO3. The van der Waals surface area contributed by atoms with Gasteiger partial charge in [0.1, 0.15) is 0 Å². The van der Waals surface area contributed by atoms with Gasteiger partial charge in [-0.2, -0.15) is 0 Å². The summed E-state index contributed by atoms with van der Waals surface area (Å²) in [4.78, 5) is 2.44. The van der Waals surface area contributed by atoms with E-state index >= 15 is 0 Å². The number of ether oxygens (including phenoxy) is 3. The Bertz CT molecular complexity index is 505. The summed E-state index contributed by atoms with van der Waals surface area (Å²) in [7, 11) is 1.49. The van der Waals surface area contributed by atoms with E-state index in [1.54, 1.807) is 12.1 Å². The molecule has 1 aromatic rings. The van der Waals surface area contributed by atoms with E-state index in [4.69, 9.17) is 14.2 Å². The summed E-state index contributed by atoms with van der Waals surface area (Å²) in [6.45, 7) is 4.58. The lowest BCUT2D eigenvalue weighted by atomic mass is 10.1. The van der Waals surface area contributed by atoms with Gasteiger partial charge in [0.25, 0.3) is 0 Å². The molecule has 0 amide bonds. The van der Waals surface area contributed by atoms with Gasteiger partial charge < -0.3 is 14.2 Å². The Balaban J connectivity index is 1.43. The number of nitrogens with zero attached hydrogens (tertiary/aromatic N) is 1. The highest BCUT2D eigenvalue weighted by Crippen LogP contribution is 2.22. The van der Waals surface area contributed by atoms with E-state index in [1.165, 1.54) is 7.11 Å². The number of benzene rings is 1. The maximum atomic E-state index is 13.7. The van der Waals surface area contributed by atoms with Crippen LogP contribution in [0.25, 0.3) is 0 Å². The second-order valence-corrected chi connectivity index (χ2v) is 6.33. The average Bonchev–Trinajstić information content (AvgIpc) is 3.10. The third-order valence-electron chi connectivity index (χ3n) is 4.71. The number of aryl methyl sites for hydroxylation is 1. The van der Waals surface area contributed by atoms with E-state index in [0.29, 0.717) is 5.75 Å². The van der Waals surface area contributed by atoms with Gasteiger partial charge in [-0.15, -0.1) is 0 Å². The fraction of sp³-hybridized carbons (Fsp3) is 0.667. The van der Waals surface area contributed by atoms with Gasteiger partial charge >= 0.3 is 0 Å². The molecule has 0 bridgehead atoms. The Kier molecular flexibility index (Phi) is 5.86. The van der Waals surface area contributed by atoms with E-state index in [-0.39, 0.29) is 18.0 Å². The first-order valence-electron chi connectivity index (χ1n) is 8.54. The molecule has 0 unspecified atom stereocenters. The number of methoxy groups -OCH3 is 1. The summed E-state index contributed by atoms with van der Waals surface area (Å²) in [6.07, 6.45) is 4.64. The van der Waals surface area contributed by atoms with Crippen LogP contribution < -0.4 is 4.74 Å². The van der Waals surface area contributed by atoms with Crippen molar-refractivity contribution in [1.29, 1.82) is 0 Å². The van der Waals surface area contributed by atoms with Gasteiger partial charge in [-0.25, -0.2) is 4.39 Å². The van der Waals surface area contributed by atoms with Gasteiger partial charge in [0.2, 0.25) is 0 Å². The summed E-state index contributed by atoms with van der Waals surface area (Å²) in [5, 5.41) is 0. The molecule has 0 N–H and O–H groups in total. The third-order valence-corrected chi connectivity index (χ3v) is 4.71. The number of hydrogen-bond donors (Lipinski definition) is 0. The molecule has 2 aliphatic rings. The lowest BCUT2D eigenvalue weighted by molar-refractivity contribution is -0.0942. The normalized spacial score (nSPS) is 25.7. The predicted molar refractivity (Wildman–Crippen MR) is 86.4 cm³/mol. The van der Waals surface area contributed by atoms with Crippen molar-refractivity contribution in [3.05, 3.63) is 29.6 Å². The van der Waals surface area contributed by atoms with Gasteiger partial charge in [0, 0.05) is 19.7 Å². The molecule has 0 aromatic heterocycles. The first-order valence-corrected chi connectivity index (χ1v) is 8.54. The van der Waals surface area contributed by atoms with Crippen LogP contribution in [0.2, 0.25) is 0 Å². The Morgan fingerprint density at radius 1 is 1.26 bits per heavy atom. The minimum Gasteiger partial charge on any atom is -0.494 e. The number of morpholine rings is 1. The molecule has 3 rings (SSSR count). The molecule has 2 atom stereocenters. The second-order valence-electron chi connectivity index (χ2n) is 6.33. The first kappa shape index (κ1) is 16.7. The SMILES string of the molecule is COc1ccc(CCCN2CCO[C@H]([C@@H]3CCCO3)C2)cc1F. The Hall–Kier alpha value is -1.17. The second kappa shape index (κ2) is 8.08. The Morgan fingerprint density at radius 2 is 2.13 bits per heavy atom. The Morgan fingerprint density at radius 3 is 2.87 bits per heavy atom. The average molecular weight is 323 g/mol. The molecule has 0 saturated carbocycles. The predicted octanol–water partition coefficient (Wildman–Crippen LogP) is 2.65. The highest BCUT2D eigenvalue weighted by atomic mass is 19.1. The molecule has 128 valence electrons. The summed E-state index contributed by atoms with van der Waals surface area (Å²) in [5.74, 6) is 0.0242. The summed E-state index contributed by atoms with van der Waals surface area (Å²) in [5.41, 5.74) is 1.02. The number of rotatable bonds is 6. The molecule has 4 nitrogen and oxygen atoms in total. The smallest absolute Gasteiger partial charge is 0.165 e. The molecule has 2 saturated heterocycles. The van der Waals surface area contributed by atoms with Crippen molar-refractivity contribution < 1.29 is 18.6 Å². The molecular weight excluding hydrogens is 297 g/mol. The largest absolute Gasteiger partial charge is 0.494 e. The van der Waals surface area contributed by atoms with Crippen LogP contribution >= 0.6 is 0 Å². The molecule has 2 aliphatic heterocycles. The quantitative estimate of drug-likeness (QED) is 0.805. The molecule has 5 heteroatoms. The van der Waals surface area contributed by atoms with Crippen LogP contribution in [0.4, 0.5) is 4.39 Å². The minimum absolute atomic E-state index is 0.213. The lowest BCUT2D eigenvalue weighted by Gasteiger charge is -2.35. The number of hydrogen-bond acceptors (Lipinski definition) is 4. The summed E-state index contributed by atoms with van der Waals surface area (Å²) >= 11 is 0. The highest BCUT2D eigenvalue weighted by Gasteiger charge is 2.30. The van der Waals surface area contributed by atoms with Crippen molar-refractivity contribution in [1.82, 2.24) is 4.90 Å². The molecule has 2 heterocycles. The standard InChI is InChI=1S/C18H26FNO3/c1-21-16-7-6-14(12-15(16)19)4-2-8-20-9-11-23-18(13-20)17-5-3-10-22-17/h6-7,12,17-18H,2-5,8-11,13H2,1H3/t17-,18-/m0/s1. The Labute approximate surface area is 137 Å². The monoisotopic (exact) mass is 323 g/mol. The van der Waals surface area contributed by atoms with Gasteiger partial charge in [-0.3, -0.25) is 4.90 Å². The zero-order valence-corrected chi connectivity index (χ0v) is 13.8. The molecule has 23 heavy (non-hydrogen) atoms. The molecule has 0 spiro atoms. The molecule has 2 fully saturated rings. The van der Waals surface area contributed by atoms with Crippen molar-refractivity contribution in [2.45, 2.75) is 37.9 Å². The summed E-state index contributed by atoms with van der Waals surface area (Å²) in [6, 6.07) is 5.22. The maximum absolute atomic E-state index is 13.7. The van der Waals surface area contributed by atoms with Gasteiger partial charge in [-0.05, 0) is 49.9 Å².